The number of carbonyl (C=O) groups excluding carboxylic acids is 2. The second-order valence-electron chi connectivity index (χ2n) is 7.47. The molecule has 30 heavy (non-hydrogen) atoms. The first kappa shape index (κ1) is 20.6. The first-order valence-corrected chi connectivity index (χ1v) is 11.4. The molecule has 0 N–H and O–H groups in total. The predicted molar refractivity (Wildman–Crippen MR) is 120 cm³/mol. The van der Waals surface area contributed by atoms with E-state index < -0.39 is 0 Å². The Bertz CT molecular complexity index is 892. The van der Waals surface area contributed by atoms with Crippen molar-refractivity contribution in [2.45, 2.75) is 11.7 Å². The van der Waals surface area contributed by atoms with Gasteiger partial charge in [-0.15, -0.1) is 0 Å². The average molecular weight is 426 g/mol. The van der Waals surface area contributed by atoms with Gasteiger partial charge in [0.2, 0.25) is 5.91 Å². The zero-order valence-corrected chi connectivity index (χ0v) is 18.0. The van der Waals surface area contributed by atoms with Gasteiger partial charge in [-0.1, -0.05) is 42.5 Å². The molecule has 0 saturated carbocycles. The van der Waals surface area contributed by atoms with Gasteiger partial charge >= 0.3 is 6.03 Å². The zero-order valence-electron chi connectivity index (χ0n) is 17.2. The van der Waals surface area contributed by atoms with Crippen molar-refractivity contribution in [2.75, 3.05) is 50.5 Å². The van der Waals surface area contributed by atoms with E-state index in [1.54, 1.807) is 16.9 Å². The van der Waals surface area contributed by atoms with Gasteiger partial charge < -0.3 is 14.5 Å². The summed E-state index contributed by atoms with van der Waals surface area (Å²) in [6, 6.07) is 17.8. The largest absolute Gasteiger partial charge is 0.495 e. The minimum absolute atomic E-state index is 0.0274. The van der Waals surface area contributed by atoms with E-state index in [1.807, 2.05) is 47.0 Å². The molecule has 1 unspecified atom stereocenters. The summed E-state index contributed by atoms with van der Waals surface area (Å²) in [6.45, 7) is 2.68. The van der Waals surface area contributed by atoms with E-state index in [0.29, 0.717) is 24.1 Å². The highest BCUT2D eigenvalue weighted by Gasteiger charge is 2.33. The third-order valence-electron chi connectivity index (χ3n) is 5.66. The highest BCUT2D eigenvalue weighted by molar-refractivity contribution is 7.99. The lowest BCUT2D eigenvalue weighted by molar-refractivity contribution is -0.131. The maximum atomic E-state index is 12.9. The van der Waals surface area contributed by atoms with Crippen molar-refractivity contribution in [2.24, 2.45) is 0 Å². The Morgan fingerprint density at radius 1 is 1.03 bits per heavy atom. The summed E-state index contributed by atoms with van der Waals surface area (Å²) in [5.41, 5.74) is 2.07. The number of amides is 3. The summed E-state index contributed by atoms with van der Waals surface area (Å²) >= 11 is 1.91. The molecule has 2 saturated heterocycles. The number of hydrogen-bond donors (Lipinski definition) is 0. The SMILES string of the molecule is COc1ccccc1N1CCN(CC(=O)N2CCSC(c3ccccc3)CC2)C1=O. The van der Waals surface area contributed by atoms with Crippen molar-refractivity contribution in [1.29, 1.82) is 0 Å². The smallest absolute Gasteiger partial charge is 0.325 e. The van der Waals surface area contributed by atoms with Crippen LogP contribution in [0.1, 0.15) is 17.2 Å². The van der Waals surface area contributed by atoms with Crippen LogP contribution in [-0.2, 0) is 4.79 Å². The maximum Gasteiger partial charge on any atom is 0.325 e. The number of thioether (sulfide) groups is 1. The lowest BCUT2D eigenvalue weighted by Crippen LogP contribution is -2.43. The molecule has 2 heterocycles. The number of urea groups is 1. The van der Waals surface area contributed by atoms with Crippen LogP contribution in [0.25, 0.3) is 0 Å². The fourth-order valence-electron chi connectivity index (χ4n) is 4.02. The molecular weight excluding hydrogens is 398 g/mol. The number of methoxy groups -OCH3 is 1. The summed E-state index contributed by atoms with van der Waals surface area (Å²) in [5, 5.41) is 0.415. The van der Waals surface area contributed by atoms with Crippen molar-refractivity contribution < 1.29 is 14.3 Å². The number of para-hydroxylation sites is 2. The molecule has 2 aromatic carbocycles. The summed E-state index contributed by atoms with van der Waals surface area (Å²) in [5.74, 6) is 1.60. The van der Waals surface area contributed by atoms with E-state index in [1.165, 1.54) is 5.56 Å². The lowest BCUT2D eigenvalue weighted by Gasteiger charge is -2.24. The molecule has 7 heteroatoms. The van der Waals surface area contributed by atoms with Gasteiger partial charge in [0.15, 0.2) is 0 Å². The second kappa shape index (κ2) is 9.43. The summed E-state index contributed by atoms with van der Waals surface area (Å²) in [6.07, 6.45) is 0.932. The van der Waals surface area contributed by atoms with Crippen molar-refractivity contribution >= 4 is 29.4 Å². The molecule has 1 atom stereocenters. The van der Waals surface area contributed by atoms with E-state index in [0.717, 1.165) is 31.0 Å². The van der Waals surface area contributed by atoms with Crippen molar-refractivity contribution in [3.05, 3.63) is 60.2 Å². The lowest BCUT2D eigenvalue weighted by atomic mass is 10.1. The number of nitrogens with zero attached hydrogens (tertiary/aromatic N) is 3. The van der Waals surface area contributed by atoms with Crippen LogP contribution in [-0.4, -0.2) is 67.3 Å². The van der Waals surface area contributed by atoms with Crippen LogP contribution in [0, 0.1) is 0 Å². The van der Waals surface area contributed by atoms with E-state index in [9.17, 15) is 9.59 Å². The fraction of sp³-hybridized carbons (Fsp3) is 0.391. The molecule has 2 aliphatic heterocycles. The van der Waals surface area contributed by atoms with Crippen LogP contribution < -0.4 is 9.64 Å². The van der Waals surface area contributed by atoms with Gasteiger partial charge in [0.1, 0.15) is 12.3 Å². The third-order valence-corrected chi connectivity index (χ3v) is 6.99. The normalized spacial score (nSPS) is 19.7. The molecule has 0 spiro atoms. The minimum Gasteiger partial charge on any atom is -0.495 e. The Balaban J connectivity index is 1.35. The Morgan fingerprint density at radius 3 is 2.60 bits per heavy atom. The van der Waals surface area contributed by atoms with Gasteiger partial charge in [-0.2, -0.15) is 11.8 Å². The van der Waals surface area contributed by atoms with Gasteiger partial charge in [0, 0.05) is 37.2 Å². The predicted octanol–water partition coefficient (Wildman–Crippen LogP) is 3.64. The van der Waals surface area contributed by atoms with Crippen LogP contribution in [0.2, 0.25) is 0 Å². The fourth-order valence-corrected chi connectivity index (χ4v) is 5.25. The molecule has 0 radical (unpaired) electrons. The monoisotopic (exact) mass is 425 g/mol. The van der Waals surface area contributed by atoms with E-state index in [2.05, 4.69) is 24.3 Å². The quantitative estimate of drug-likeness (QED) is 0.734. The molecule has 2 aliphatic rings. The molecule has 3 amide bonds. The maximum absolute atomic E-state index is 12.9. The number of hydrogen-bond acceptors (Lipinski definition) is 4. The number of ether oxygens (including phenoxy) is 1. The van der Waals surface area contributed by atoms with Crippen molar-refractivity contribution in [1.82, 2.24) is 9.80 Å². The first-order valence-electron chi connectivity index (χ1n) is 10.3. The third kappa shape index (κ3) is 4.41. The molecule has 0 aromatic heterocycles. The Hall–Kier alpha value is -2.67. The summed E-state index contributed by atoms with van der Waals surface area (Å²) in [4.78, 5) is 31.1. The number of carbonyl (C=O) groups is 2. The van der Waals surface area contributed by atoms with Gasteiger partial charge in [-0.3, -0.25) is 9.69 Å². The zero-order chi connectivity index (χ0) is 20.9. The molecular formula is C23H27N3O3S. The minimum atomic E-state index is -0.140. The Morgan fingerprint density at radius 2 is 1.80 bits per heavy atom. The van der Waals surface area contributed by atoms with Crippen LogP contribution >= 0.6 is 11.8 Å². The molecule has 158 valence electrons. The number of benzene rings is 2. The molecule has 6 nitrogen and oxygen atoms in total. The summed E-state index contributed by atoms with van der Waals surface area (Å²) in [7, 11) is 1.60. The standard InChI is InChI=1S/C23H27N3O3S/c1-29-20-10-6-5-9-19(20)26-14-13-25(23(26)28)17-22(27)24-12-11-21(30-16-15-24)18-7-3-2-4-8-18/h2-10,21H,11-17H2,1H3. The van der Waals surface area contributed by atoms with Crippen LogP contribution in [0.15, 0.2) is 54.6 Å². The van der Waals surface area contributed by atoms with Crippen LogP contribution in [0.3, 0.4) is 0 Å². The molecule has 0 bridgehead atoms. The van der Waals surface area contributed by atoms with Crippen LogP contribution in [0.5, 0.6) is 5.75 Å². The molecule has 0 aliphatic carbocycles. The topological polar surface area (TPSA) is 53.1 Å². The highest BCUT2D eigenvalue weighted by atomic mass is 32.2. The Kier molecular flexibility index (Phi) is 6.47. The molecule has 4 rings (SSSR count). The second-order valence-corrected chi connectivity index (χ2v) is 8.78. The molecule has 2 aromatic rings. The molecule has 2 fully saturated rings. The van der Waals surface area contributed by atoms with E-state index in [4.69, 9.17) is 4.74 Å². The summed E-state index contributed by atoms with van der Waals surface area (Å²) < 4.78 is 5.39. The van der Waals surface area contributed by atoms with Gasteiger partial charge in [0.25, 0.3) is 0 Å². The number of rotatable bonds is 5. The highest BCUT2D eigenvalue weighted by Crippen LogP contribution is 2.34. The van der Waals surface area contributed by atoms with Gasteiger partial charge in [-0.25, -0.2) is 4.79 Å². The number of anilines is 1. The van der Waals surface area contributed by atoms with Gasteiger partial charge in [-0.05, 0) is 24.1 Å². The van der Waals surface area contributed by atoms with Crippen molar-refractivity contribution in [3.63, 3.8) is 0 Å². The first-order chi connectivity index (χ1) is 14.7. The van der Waals surface area contributed by atoms with E-state index in [-0.39, 0.29) is 18.5 Å². The van der Waals surface area contributed by atoms with Crippen molar-refractivity contribution in [3.8, 4) is 5.75 Å². The van der Waals surface area contributed by atoms with E-state index >= 15 is 0 Å². The van der Waals surface area contributed by atoms with Crippen LogP contribution in [0.4, 0.5) is 10.5 Å². The Labute approximate surface area is 181 Å². The average Bonchev–Trinajstić information content (AvgIpc) is 2.99. The van der Waals surface area contributed by atoms with Gasteiger partial charge in [0.05, 0.1) is 12.8 Å².